The van der Waals surface area contributed by atoms with E-state index >= 15 is 0 Å². The molecule has 0 bridgehead atoms. The minimum Gasteiger partial charge on any atom is -0.497 e. The van der Waals surface area contributed by atoms with Crippen LogP contribution in [0.15, 0.2) is 66.7 Å². The number of amides is 3. The predicted octanol–water partition coefficient (Wildman–Crippen LogP) is 4.21. The normalized spacial score (nSPS) is 18.2. The lowest BCUT2D eigenvalue weighted by Crippen LogP contribution is -2.52. The number of carbonyl (C=O) groups excluding carboxylic acids is 2. The molecular weight excluding hydrogens is 598 g/mol. The third-order valence-electron chi connectivity index (χ3n) is 9.55. The Morgan fingerprint density at radius 1 is 0.745 bits per heavy atom. The van der Waals surface area contributed by atoms with E-state index < -0.39 is 0 Å². The topological polar surface area (TPSA) is 106 Å². The Bertz CT molecular complexity index is 1570. The van der Waals surface area contributed by atoms with Gasteiger partial charge in [-0.25, -0.2) is 4.79 Å². The van der Waals surface area contributed by atoms with Gasteiger partial charge in [0.25, 0.3) is 5.69 Å². The molecule has 3 aromatic rings. The van der Waals surface area contributed by atoms with Crippen LogP contribution in [0, 0.1) is 17.0 Å². The van der Waals surface area contributed by atoms with Crippen LogP contribution in [0.5, 0.6) is 5.75 Å². The third-order valence-corrected chi connectivity index (χ3v) is 9.55. The number of aryl methyl sites for hydroxylation is 1. The number of anilines is 3. The van der Waals surface area contributed by atoms with E-state index in [0.717, 1.165) is 99.4 Å². The van der Waals surface area contributed by atoms with E-state index in [1.165, 1.54) is 4.90 Å². The summed E-state index contributed by atoms with van der Waals surface area (Å²) < 4.78 is 5.23. The smallest absolute Gasteiger partial charge is 0.331 e. The molecule has 3 saturated heterocycles. The van der Waals surface area contributed by atoms with Crippen LogP contribution >= 0.6 is 0 Å². The fourth-order valence-electron chi connectivity index (χ4n) is 6.65. The van der Waals surface area contributed by atoms with Crippen molar-refractivity contribution < 1.29 is 19.2 Å². The highest BCUT2D eigenvalue weighted by Crippen LogP contribution is 2.30. The van der Waals surface area contributed by atoms with Gasteiger partial charge in [-0.15, -0.1) is 0 Å². The number of nitro benzene ring substituents is 1. The number of imide groups is 1. The first-order chi connectivity index (χ1) is 22.8. The molecule has 47 heavy (non-hydrogen) atoms. The third kappa shape index (κ3) is 7.50. The summed E-state index contributed by atoms with van der Waals surface area (Å²) in [5.74, 6) is 0.580. The van der Waals surface area contributed by atoms with Gasteiger partial charge >= 0.3 is 6.03 Å². The van der Waals surface area contributed by atoms with Crippen molar-refractivity contribution in [3.63, 3.8) is 0 Å². The summed E-state index contributed by atoms with van der Waals surface area (Å²) in [6.45, 7) is 12.4. The molecule has 3 aliphatic heterocycles. The SMILES string of the molecule is COc1ccc(CN2C(=O)CCN(c3ccc(N4CCN(CCN5CCN(c6ccc([N+](=O)[O-])cc6)CC5)CC4)cc3C)C2=O)cc1. The van der Waals surface area contributed by atoms with Gasteiger partial charge in [0.1, 0.15) is 5.75 Å². The molecule has 0 N–H and O–H groups in total. The number of benzene rings is 3. The molecule has 6 rings (SSSR count). The van der Waals surface area contributed by atoms with Gasteiger partial charge in [-0.05, 0) is 60.5 Å². The molecule has 3 amide bonds. The summed E-state index contributed by atoms with van der Waals surface area (Å²) in [6.07, 6.45) is 0.292. The first-order valence-electron chi connectivity index (χ1n) is 16.3. The van der Waals surface area contributed by atoms with Gasteiger partial charge in [-0.3, -0.25) is 34.5 Å². The molecule has 0 unspecified atom stereocenters. The van der Waals surface area contributed by atoms with E-state index in [0.29, 0.717) is 13.0 Å². The standard InChI is InChI=1S/C35H43N7O5/c1-27-25-31(9-12-33(27)40-14-13-34(43)41(35(40)44)26-28-3-10-32(47-2)11-4-28)39-23-19-37(20-24-39)16-15-36-17-21-38(22-18-36)29-5-7-30(8-6-29)42(45)46/h3-12,25H,13-24,26H2,1-2H3. The van der Waals surface area contributed by atoms with Gasteiger partial charge in [-0.2, -0.15) is 0 Å². The summed E-state index contributed by atoms with van der Waals surface area (Å²) in [5, 5.41) is 10.9. The van der Waals surface area contributed by atoms with E-state index in [9.17, 15) is 19.7 Å². The molecule has 248 valence electrons. The van der Waals surface area contributed by atoms with Gasteiger partial charge < -0.3 is 14.5 Å². The minimum absolute atomic E-state index is 0.126. The second-order valence-electron chi connectivity index (χ2n) is 12.4. The Morgan fingerprint density at radius 2 is 1.32 bits per heavy atom. The lowest BCUT2D eigenvalue weighted by molar-refractivity contribution is -0.384. The Kier molecular flexibility index (Phi) is 9.88. The molecule has 0 saturated carbocycles. The van der Waals surface area contributed by atoms with E-state index in [4.69, 9.17) is 4.74 Å². The molecule has 0 atom stereocenters. The number of ether oxygens (including phenoxy) is 1. The molecule has 0 aromatic heterocycles. The molecule has 3 aliphatic rings. The van der Waals surface area contributed by atoms with Crippen LogP contribution in [0.1, 0.15) is 17.5 Å². The molecule has 0 spiro atoms. The minimum atomic E-state index is -0.359. The van der Waals surface area contributed by atoms with Gasteiger partial charge in [0.15, 0.2) is 0 Å². The van der Waals surface area contributed by atoms with Crippen LogP contribution in [0.25, 0.3) is 0 Å². The highest BCUT2D eigenvalue weighted by atomic mass is 16.6. The van der Waals surface area contributed by atoms with E-state index in [1.54, 1.807) is 24.1 Å². The fraction of sp³-hybridized carbons (Fsp3) is 0.429. The quantitative estimate of drug-likeness (QED) is 0.238. The highest BCUT2D eigenvalue weighted by molar-refractivity contribution is 6.06. The van der Waals surface area contributed by atoms with Crippen molar-refractivity contribution in [1.82, 2.24) is 14.7 Å². The molecule has 3 aromatic carbocycles. The average Bonchev–Trinajstić information content (AvgIpc) is 3.10. The maximum Gasteiger partial charge on any atom is 0.331 e. The number of non-ortho nitro benzene ring substituents is 1. The van der Waals surface area contributed by atoms with Gasteiger partial charge in [0, 0.05) is 108 Å². The second kappa shape index (κ2) is 14.4. The zero-order valence-corrected chi connectivity index (χ0v) is 27.2. The van der Waals surface area contributed by atoms with Crippen LogP contribution < -0.4 is 19.4 Å². The van der Waals surface area contributed by atoms with Crippen LogP contribution in [0.2, 0.25) is 0 Å². The van der Waals surface area contributed by atoms with Crippen LogP contribution in [0.3, 0.4) is 0 Å². The lowest BCUT2D eigenvalue weighted by Gasteiger charge is -2.39. The van der Waals surface area contributed by atoms with Crippen molar-refractivity contribution >= 4 is 34.7 Å². The number of hydrogen-bond donors (Lipinski definition) is 0. The van der Waals surface area contributed by atoms with Crippen molar-refractivity contribution in [1.29, 1.82) is 0 Å². The molecule has 12 nitrogen and oxygen atoms in total. The summed E-state index contributed by atoms with van der Waals surface area (Å²) in [5.41, 5.74) is 5.06. The van der Waals surface area contributed by atoms with Gasteiger partial charge in [0.2, 0.25) is 5.91 Å². The molecule has 0 aliphatic carbocycles. The van der Waals surface area contributed by atoms with Crippen molar-refractivity contribution in [2.75, 3.05) is 93.8 Å². The molecule has 12 heteroatoms. The Morgan fingerprint density at radius 3 is 1.87 bits per heavy atom. The molecular formula is C35H43N7O5. The van der Waals surface area contributed by atoms with Crippen LogP contribution in [-0.2, 0) is 11.3 Å². The van der Waals surface area contributed by atoms with Crippen molar-refractivity contribution in [2.24, 2.45) is 0 Å². The van der Waals surface area contributed by atoms with Gasteiger partial charge in [0.05, 0.1) is 18.6 Å². The number of carbonyl (C=O) groups is 2. The van der Waals surface area contributed by atoms with E-state index in [2.05, 4.69) is 31.7 Å². The number of hydrogen-bond acceptors (Lipinski definition) is 9. The predicted molar refractivity (Wildman–Crippen MR) is 182 cm³/mol. The molecule has 3 heterocycles. The largest absolute Gasteiger partial charge is 0.497 e. The zero-order valence-electron chi connectivity index (χ0n) is 27.2. The second-order valence-corrected chi connectivity index (χ2v) is 12.4. The van der Waals surface area contributed by atoms with Crippen LogP contribution in [0.4, 0.5) is 27.5 Å². The molecule has 0 radical (unpaired) electrons. The summed E-state index contributed by atoms with van der Waals surface area (Å²) in [7, 11) is 1.61. The molecule has 3 fully saturated rings. The summed E-state index contributed by atoms with van der Waals surface area (Å²) in [4.78, 5) is 49.6. The van der Waals surface area contributed by atoms with Crippen LogP contribution in [-0.4, -0.2) is 111 Å². The van der Waals surface area contributed by atoms with Gasteiger partial charge in [-0.1, -0.05) is 12.1 Å². The van der Waals surface area contributed by atoms with Crippen molar-refractivity contribution in [3.8, 4) is 5.75 Å². The lowest BCUT2D eigenvalue weighted by atomic mass is 10.1. The number of nitrogens with zero attached hydrogens (tertiary/aromatic N) is 7. The fourth-order valence-corrected chi connectivity index (χ4v) is 6.65. The Hall–Kier alpha value is -4.68. The maximum atomic E-state index is 13.5. The number of rotatable bonds is 10. The highest BCUT2D eigenvalue weighted by Gasteiger charge is 2.33. The maximum absolute atomic E-state index is 13.5. The van der Waals surface area contributed by atoms with E-state index in [-0.39, 0.29) is 29.1 Å². The summed E-state index contributed by atoms with van der Waals surface area (Å²) in [6, 6.07) is 20.3. The van der Waals surface area contributed by atoms with Crippen molar-refractivity contribution in [3.05, 3.63) is 88.0 Å². The summed E-state index contributed by atoms with van der Waals surface area (Å²) >= 11 is 0. The first kappa shape index (κ1) is 32.3. The average molecular weight is 642 g/mol. The number of piperazine rings is 2. The first-order valence-corrected chi connectivity index (χ1v) is 16.3. The zero-order chi connectivity index (χ0) is 32.9. The monoisotopic (exact) mass is 641 g/mol. The number of urea groups is 1. The Labute approximate surface area is 275 Å². The Balaban J connectivity index is 0.968. The number of methoxy groups -OCH3 is 1. The van der Waals surface area contributed by atoms with E-state index in [1.807, 2.05) is 49.4 Å². The number of nitro groups is 1. The van der Waals surface area contributed by atoms with Crippen molar-refractivity contribution in [2.45, 2.75) is 19.9 Å².